The van der Waals surface area contributed by atoms with E-state index in [4.69, 9.17) is 5.26 Å². The van der Waals surface area contributed by atoms with Crippen LogP contribution in [0.2, 0.25) is 0 Å². The average Bonchev–Trinajstić information content (AvgIpc) is 2.57. The Bertz CT molecular complexity index is 268. The summed E-state index contributed by atoms with van der Waals surface area (Å²) in [7, 11) is 0. The average molecular weight is 165 g/mol. The topological polar surface area (TPSA) is 61.1 Å². The third-order valence-corrected chi connectivity index (χ3v) is 3.25. The van der Waals surface area contributed by atoms with E-state index in [0.29, 0.717) is 0 Å². The zero-order valence-corrected chi connectivity index (χ0v) is 6.79. The summed E-state index contributed by atoms with van der Waals surface area (Å²) in [5.41, 5.74) is -1.28. The van der Waals surface area contributed by atoms with Crippen molar-refractivity contribution in [1.82, 2.24) is 0 Å². The Labute approximate surface area is 71.0 Å². The lowest BCUT2D eigenvalue weighted by Crippen LogP contribution is -2.43. The number of hydrogen-bond donors (Lipinski definition) is 1. The number of Topliss-reactive ketones (excluding diaryl/α,β-unsaturated/α-hetero) is 1. The fourth-order valence-electron chi connectivity index (χ4n) is 2.56. The van der Waals surface area contributed by atoms with Crippen molar-refractivity contribution >= 4 is 5.78 Å². The number of nitriles is 1. The molecule has 2 saturated carbocycles. The normalized spacial score (nSPS) is 44.8. The van der Waals surface area contributed by atoms with E-state index in [1.807, 2.05) is 6.07 Å². The SMILES string of the molecule is N#CCC1(O)C(=O)C2CCC1C2. The maximum absolute atomic E-state index is 11.5. The van der Waals surface area contributed by atoms with Crippen LogP contribution in [0.5, 0.6) is 0 Å². The maximum Gasteiger partial charge on any atom is 0.168 e. The molecule has 3 unspecified atom stereocenters. The minimum atomic E-state index is -1.28. The molecular formula is C9H11NO2. The molecule has 12 heavy (non-hydrogen) atoms. The van der Waals surface area contributed by atoms with E-state index in [1.54, 1.807) is 0 Å². The predicted octanol–water partition coefficient (Wildman–Crippen LogP) is 0.630. The van der Waals surface area contributed by atoms with E-state index in [1.165, 1.54) is 0 Å². The van der Waals surface area contributed by atoms with Gasteiger partial charge in [-0.3, -0.25) is 4.79 Å². The first-order valence-electron chi connectivity index (χ1n) is 4.32. The molecule has 0 aromatic rings. The lowest BCUT2D eigenvalue weighted by molar-refractivity contribution is -0.141. The third kappa shape index (κ3) is 0.760. The Morgan fingerprint density at radius 2 is 2.42 bits per heavy atom. The van der Waals surface area contributed by atoms with Crippen LogP contribution in [0, 0.1) is 23.2 Å². The van der Waals surface area contributed by atoms with Gasteiger partial charge in [0.25, 0.3) is 0 Å². The van der Waals surface area contributed by atoms with Crippen molar-refractivity contribution in [2.45, 2.75) is 31.3 Å². The van der Waals surface area contributed by atoms with Gasteiger partial charge >= 0.3 is 0 Å². The van der Waals surface area contributed by atoms with Gasteiger partial charge in [0.2, 0.25) is 0 Å². The Balaban J connectivity index is 2.27. The summed E-state index contributed by atoms with van der Waals surface area (Å²) in [4.78, 5) is 11.5. The molecule has 3 nitrogen and oxygen atoms in total. The molecule has 0 spiro atoms. The van der Waals surface area contributed by atoms with Crippen LogP contribution in [0.4, 0.5) is 0 Å². The van der Waals surface area contributed by atoms with Gasteiger partial charge in [0, 0.05) is 5.92 Å². The Morgan fingerprint density at radius 3 is 2.92 bits per heavy atom. The van der Waals surface area contributed by atoms with Crippen LogP contribution in [0.1, 0.15) is 25.7 Å². The van der Waals surface area contributed by atoms with Crippen molar-refractivity contribution in [3.63, 3.8) is 0 Å². The zero-order chi connectivity index (χ0) is 8.77. The smallest absolute Gasteiger partial charge is 0.168 e. The molecule has 0 aliphatic heterocycles. The van der Waals surface area contributed by atoms with Crippen molar-refractivity contribution in [3.05, 3.63) is 0 Å². The highest BCUT2D eigenvalue weighted by molar-refractivity contribution is 5.93. The number of carbonyl (C=O) groups is 1. The van der Waals surface area contributed by atoms with Crippen LogP contribution >= 0.6 is 0 Å². The van der Waals surface area contributed by atoms with Crippen molar-refractivity contribution in [2.24, 2.45) is 11.8 Å². The molecule has 2 bridgehead atoms. The summed E-state index contributed by atoms with van der Waals surface area (Å²) in [5.74, 6) is 0.0308. The second-order valence-corrected chi connectivity index (χ2v) is 3.83. The van der Waals surface area contributed by atoms with E-state index in [0.717, 1.165) is 19.3 Å². The van der Waals surface area contributed by atoms with Crippen molar-refractivity contribution in [1.29, 1.82) is 5.26 Å². The van der Waals surface area contributed by atoms with Gasteiger partial charge in [-0.1, -0.05) is 0 Å². The van der Waals surface area contributed by atoms with Crippen LogP contribution in [-0.4, -0.2) is 16.5 Å². The van der Waals surface area contributed by atoms with Gasteiger partial charge in [-0.2, -0.15) is 5.26 Å². The molecule has 0 radical (unpaired) electrons. The van der Waals surface area contributed by atoms with Crippen LogP contribution in [0.3, 0.4) is 0 Å². The van der Waals surface area contributed by atoms with Crippen molar-refractivity contribution in [3.8, 4) is 6.07 Å². The summed E-state index contributed by atoms with van der Waals surface area (Å²) >= 11 is 0. The number of hydrogen-bond acceptors (Lipinski definition) is 3. The minimum Gasteiger partial charge on any atom is -0.381 e. The quantitative estimate of drug-likeness (QED) is 0.620. The summed E-state index contributed by atoms with van der Waals surface area (Å²) in [6, 6.07) is 1.89. The summed E-state index contributed by atoms with van der Waals surface area (Å²) < 4.78 is 0. The number of carbonyl (C=O) groups excluding carboxylic acids is 1. The lowest BCUT2D eigenvalue weighted by Gasteiger charge is -2.28. The van der Waals surface area contributed by atoms with Gasteiger partial charge in [0.1, 0.15) is 5.60 Å². The highest BCUT2D eigenvalue weighted by atomic mass is 16.3. The molecule has 2 aliphatic carbocycles. The molecule has 0 aromatic carbocycles. The van der Waals surface area contributed by atoms with E-state index in [-0.39, 0.29) is 24.0 Å². The van der Waals surface area contributed by atoms with Crippen LogP contribution in [0.25, 0.3) is 0 Å². The molecule has 64 valence electrons. The fourth-order valence-corrected chi connectivity index (χ4v) is 2.56. The molecule has 2 fully saturated rings. The first kappa shape index (κ1) is 7.75. The molecular weight excluding hydrogens is 154 g/mol. The van der Waals surface area contributed by atoms with Crippen LogP contribution < -0.4 is 0 Å². The summed E-state index contributed by atoms with van der Waals surface area (Å²) in [6.07, 6.45) is 2.61. The molecule has 2 rings (SSSR count). The van der Waals surface area contributed by atoms with Gasteiger partial charge in [0.05, 0.1) is 12.5 Å². The van der Waals surface area contributed by atoms with Gasteiger partial charge in [-0.15, -0.1) is 0 Å². The number of aliphatic hydroxyl groups is 1. The monoisotopic (exact) mass is 165 g/mol. The molecule has 0 saturated heterocycles. The van der Waals surface area contributed by atoms with Crippen LogP contribution in [-0.2, 0) is 4.79 Å². The third-order valence-electron chi connectivity index (χ3n) is 3.25. The molecule has 3 atom stereocenters. The van der Waals surface area contributed by atoms with E-state index in [2.05, 4.69) is 0 Å². The largest absolute Gasteiger partial charge is 0.381 e. The Morgan fingerprint density at radius 1 is 1.67 bits per heavy atom. The summed E-state index contributed by atoms with van der Waals surface area (Å²) in [5, 5.41) is 18.4. The molecule has 0 heterocycles. The van der Waals surface area contributed by atoms with Gasteiger partial charge in [0.15, 0.2) is 5.78 Å². The molecule has 1 N–H and O–H groups in total. The molecule has 2 aliphatic rings. The number of fused-ring (bicyclic) bond motifs is 2. The maximum atomic E-state index is 11.5. The number of rotatable bonds is 1. The second kappa shape index (κ2) is 2.30. The second-order valence-electron chi connectivity index (χ2n) is 3.83. The van der Waals surface area contributed by atoms with Crippen molar-refractivity contribution in [2.75, 3.05) is 0 Å². The van der Waals surface area contributed by atoms with E-state index >= 15 is 0 Å². The highest BCUT2D eigenvalue weighted by Crippen LogP contribution is 2.49. The minimum absolute atomic E-state index is 0.0208. The highest BCUT2D eigenvalue weighted by Gasteiger charge is 2.56. The van der Waals surface area contributed by atoms with Gasteiger partial charge < -0.3 is 5.11 Å². The Hall–Kier alpha value is -0.880. The molecule has 0 amide bonds. The first-order valence-corrected chi connectivity index (χ1v) is 4.32. The van der Waals surface area contributed by atoms with Gasteiger partial charge in [-0.25, -0.2) is 0 Å². The number of ketones is 1. The van der Waals surface area contributed by atoms with Crippen LogP contribution in [0.15, 0.2) is 0 Å². The first-order chi connectivity index (χ1) is 5.68. The van der Waals surface area contributed by atoms with E-state index in [9.17, 15) is 9.90 Å². The summed E-state index contributed by atoms with van der Waals surface area (Å²) in [6.45, 7) is 0. The lowest BCUT2D eigenvalue weighted by atomic mass is 9.81. The molecule has 3 heteroatoms. The fraction of sp³-hybridized carbons (Fsp3) is 0.778. The zero-order valence-electron chi connectivity index (χ0n) is 6.79. The predicted molar refractivity (Wildman–Crippen MR) is 41.0 cm³/mol. The van der Waals surface area contributed by atoms with Gasteiger partial charge in [-0.05, 0) is 25.2 Å². The number of nitrogens with zero attached hydrogens (tertiary/aromatic N) is 1. The Kier molecular flexibility index (Phi) is 1.49. The molecule has 0 aromatic heterocycles. The van der Waals surface area contributed by atoms with E-state index < -0.39 is 5.60 Å². The standard InChI is InChI=1S/C9H11NO2/c10-4-3-9(12)7-2-1-6(5-7)8(9)11/h6-7,12H,1-3,5H2. The van der Waals surface area contributed by atoms with Crippen molar-refractivity contribution < 1.29 is 9.90 Å².